The van der Waals surface area contributed by atoms with Crippen LogP contribution < -0.4 is 11.1 Å². The third-order valence-corrected chi connectivity index (χ3v) is 5.84. The Hall–Kier alpha value is -3.96. The molecule has 8 nitrogen and oxygen atoms in total. The Kier molecular flexibility index (Phi) is 8.17. The topological polar surface area (TPSA) is 137 Å². The lowest BCUT2D eigenvalue weighted by atomic mass is 10.00. The van der Waals surface area contributed by atoms with E-state index in [4.69, 9.17) is 17.4 Å². The third-order valence-electron chi connectivity index (χ3n) is 4.80. The Bertz CT molecular complexity index is 1290. The van der Waals surface area contributed by atoms with Crippen LogP contribution in [0.4, 0.5) is 15.9 Å². The predicted molar refractivity (Wildman–Crippen MR) is 126 cm³/mol. The zero-order valence-electron chi connectivity index (χ0n) is 17.8. The molecule has 0 fully saturated rings. The van der Waals surface area contributed by atoms with Crippen molar-refractivity contribution in [2.24, 2.45) is 0 Å². The van der Waals surface area contributed by atoms with Crippen LogP contribution in [-0.2, 0) is 5.75 Å². The molecule has 5 N–H and O–H groups in total. The molecule has 0 spiro atoms. The van der Waals surface area contributed by atoms with E-state index in [0.29, 0.717) is 27.5 Å². The van der Waals surface area contributed by atoms with E-state index < -0.39 is 24.4 Å². The molecule has 1 heterocycles. The molecule has 3 aromatic rings. The largest absolute Gasteiger partial charge is 0.394 e. The van der Waals surface area contributed by atoms with Crippen LogP contribution in [-0.4, -0.2) is 40.4 Å². The van der Waals surface area contributed by atoms with Crippen molar-refractivity contribution in [1.29, 1.82) is 5.26 Å². The molecule has 0 aliphatic carbocycles. The van der Waals surface area contributed by atoms with Crippen LogP contribution in [0.1, 0.15) is 21.5 Å². The average Bonchev–Trinajstić information content (AvgIpc) is 2.86. The summed E-state index contributed by atoms with van der Waals surface area (Å²) in [5, 5.41) is 31.0. The van der Waals surface area contributed by atoms with Gasteiger partial charge in [0, 0.05) is 23.4 Å². The number of carbonyl (C=O) groups excluding carboxylic acids is 1. The number of nitrogen functional groups attached to an aromatic ring is 1. The predicted octanol–water partition coefficient (Wildman–Crippen LogP) is 3.27. The van der Waals surface area contributed by atoms with Gasteiger partial charge in [0.1, 0.15) is 22.7 Å². The second kappa shape index (κ2) is 11.3. The van der Waals surface area contributed by atoms with Crippen molar-refractivity contribution in [2.75, 3.05) is 18.9 Å². The van der Waals surface area contributed by atoms with E-state index >= 15 is 0 Å². The number of aliphatic hydroxyl groups is 2. The number of amides is 1. The molecule has 0 unspecified atom stereocenters. The first-order valence-corrected chi connectivity index (χ1v) is 11.0. The number of nitriles is 1. The van der Waals surface area contributed by atoms with E-state index in [1.165, 1.54) is 36.0 Å². The Morgan fingerprint density at radius 1 is 1.32 bits per heavy atom. The van der Waals surface area contributed by atoms with E-state index in [0.717, 1.165) is 5.56 Å². The Labute approximate surface area is 199 Å². The number of nitrogens with zero attached hydrogens (tertiary/aromatic N) is 3. The number of carbonyl (C=O) groups is 1. The summed E-state index contributed by atoms with van der Waals surface area (Å²) in [5.74, 6) is -0.536. The molecular formula is C24H20FN5O3S. The fraction of sp³-hybridized carbons (Fsp3) is 0.167. The number of anilines is 1. The summed E-state index contributed by atoms with van der Waals surface area (Å²) in [7, 11) is 0. The van der Waals surface area contributed by atoms with E-state index in [9.17, 15) is 19.6 Å². The third kappa shape index (κ3) is 5.69. The standard InChI is InChI=1S/C24H20FN5O3S/c1-28-21-20(15-5-7-17(25)8-6-15)19(10-26)24(30-22(21)27)34-13-14-3-2-4-16(9-14)23(33)29-11-18(32)12-31/h2-9,18,31-32H,11-13H2,(H2,27,30)(H,29,33)/t18-/m1/s1. The van der Waals surface area contributed by atoms with E-state index in [2.05, 4.69) is 21.2 Å². The van der Waals surface area contributed by atoms with Crippen molar-refractivity contribution in [3.8, 4) is 17.2 Å². The van der Waals surface area contributed by atoms with Crippen molar-refractivity contribution >= 4 is 29.2 Å². The van der Waals surface area contributed by atoms with Gasteiger partial charge in [-0.3, -0.25) is 4.79 Å². The van der Waals surface area contributed by atoms with Crippen LogP contribution in [0.2, 0.25) is 0 Å². The molecule has 172 valence electrons. The minimum atomic E-state index is -1.04. The number of halogens is 1. The molecule has 0 aliphatic heterocycles. The van der Waals surface area contributed by atoms with Gasteiger partial charge in [0.2, 0.25) is 5.69 Å². The van der Waals surface area contributed by atoms with Gasteiger partial charge in [-0.25, -0.2) is 14.2 Å². The molecule has 1 atom stereocenters. The Balaban J connectivity index is 1.88. The maximum absolute atomic E-state index is 13.4. The number of benzene rings is 2. The van der Waals surface area contributed by atoms with Crippen LogP contribution in [0, 0.1) is 23.7 Å². The molecule has 1 amide bonds. The fourth-order valence-corrected chi connectivity index (χ4v) is 4.06. The highest BCUT2D eigenvalue weighted by Crippen LogP contribution is 2.41. The van der Waals surface area contributed by atoms with E-state index in [-0.39, 0.29) is 23.6 Å². The molecule has 10 heteroatoms. The first-order valence-electron chi connectivity index (χ1n) is 10.0. The highest BCUT2D eigenvalue weighted by molar-refractivity contribution is 7.98. The number of rotatable bonds is 8. The smallest absolute Gasteiger partial charge is 0.251 e. The summed E-state index contributed by atoms with van der Waals surface area (Å²) in [5.41, 5.74) is 8.10. The molecule has 0 aliphatic rings. The van der Waals surface area contributed by atoms with Crippen LogP contribution >= 0.6 is 11.8 Å². The number of pyridine rings is 1. The highest BCUT2D eigenvalue weighted by atomic mass is 32.2. The Morgan fingerprint density at radius 2 is 2.06 bits per heavy atom. The van der Waals surface area contributed by atoms with Crippen molar-refractivity contribution in [1.82, 2.24) is 10.3 Å². The molecule has 34 heavy (non-hydrogen) atoms. The second-order valence-corrected chi connectivity index (χ2v) is 8.13. The lowest BCUT2D eigenvalue weighted by Crippen LogP contribution is -2.33. The van der Waals surface area contributed by atoms with Crippen LogP contribution in [0.5, 0.6) is 0 Å². The number of aliphatic hydroxyl groups excluding tert-OH is 2. The molecule has 0 bridgehead atoms. The molecule has 0 saturated heterocycles. The number of hydrogen-bond acceptors (Lipinski definition) is 7. The number of nitrogens with one attached hydrogen (secondary N) is 1. The van der Waals surface area contributed by atoms with Gasteiger partial charge in [0.15, 0.2) is 0 Å². The zero-order chi connectivity index (χ0) is 24.7. The van der Waals surface area contributed by atoms with Gasteiger partial charge < -0.3 is 21.3 Å². The molecule has 2 aromatic carbocycles. The minimum absolute atomic E-state index is 0.0243. The highest BCUT2D eigenvalue weighted by Gasteiger charge is 2.21. The summed E-state index contributed by atoms with van der Waals surface area (Å²) in [6.07, 6.45) is -1.04. The summed E-state index contributed by atoms with van der Waals surface area (Å²) < 4.78 is 13.4. The van der Waals surface area contributed by atoms with Crippen molar-refractivity contribution < 1.29 is 19.4 Å². The van der Waals surface area contributed by atoms with Gasteiger partial charge in [-0.1, -0.05) is 24.3 Å². The molecule has 3 rings (SSSR count). The zero-order valence-corrected chi connectivity index (χ0v) is 18.6. The molecular weight excluding hydrogens is 457 g/mol. The molecule has 1 aromatic heterocycles. The number of nitrogens with two attached hydrogens (primary N) is 1. The second-order valence-electron chi connectivity index (χ2n) is 7.17. The number of aromatic nitrogens is 1. The number of thioether (sulfide) groups is 1. The van der Waals surface area contributed by atoms with Gasteiger partial charge in [0.25, 0.3) is 5.91 Å². The first kappa shape index (κ1) is 24.7. The van der Waals surface area contributed by atoms with Crippen LogP contribution in [0.3, 0.4) is 0 Å². The summed E-state index contributed by atoms with van der Waals surface area (Å²) in [6.45, 7) is 6.94. The van der Waals surface area contributed by atoms with Gasteiger partial charge >= 0.3 is 0 Å². The summed E-state index contributed by atoms with van der Waals surface area (Å²) in [6, 6.07) is 14.3. The lowest BCUT2D eigenvalue weighted by molar-refractivity contribution is 0.0802. The lowest BCUT2D eigenvalue weighted by Gasteiger charge is -2.13. The van der Waals surface area contributed by atoms with E-state index in [1.807, 2.05) is 0 Å². The van der Waals surface area contributed by atoms with Crippen LogP contribution in [0.25, 0.3) is 16.0 Å². The van der Waals surface area contributed by atoms with E-state index in [1.54, 1.807) is 24.3 Å². The maximum Gasteiger partial charge on any atom is 0.251 e. The van der Waals surface area contributed by atoms with Crippen molar-refractivity contribution in [2.45, 2.75) is 16.9 Å². The van der Waals surface area contributed by atoms with Gasteiger partial charge in [-0.15, -0.1) is 11.8 Å². The van der Waals surface area contributed by atoms with Gasteiger partial charge in [0.05, 0.1) is 24.8 Å². The SMILES string of the molecule is [C-]#[N+]c1c(N)nc(SCc2cccc(C(=O)NC[C@@H](O)CO)c2)c(C#N)c1-c1ccc(F)cc1. The van der Waals surface area contributed by atoms with Crippen LogP contribution in [0.15, 0.2) is 53.6 Å². The summed E-state index contributed by atoms with van der Waals surface area (Å²) >= 11 is 1.22. The fourth-order valence-electron chi connectivity index (χ4n) is 3.12. The monoisotopic (exact) mass is 477 g/mol. The summed E-state index contributed by atoms with van der Waals surface area (Å²) in [4.78, 5) is 20.0. The first-order chi connectivity index (χ1) is 16.4. The van der Waals surface area contributed by atoms with Gasteiger partial charge in [-0.2, -0.15) is 5.26 Å². The molecule has 0 saturated carbocycles. The molecule has 0 radical (unpaired) electrons. The Morgan fingerprint density at radius 3 is 2.71 bits per heavy atom. The minimum Gasteiger partial charge on any atom is -0.394 e. The number of hydrogen-bond donors (Lipinski definition) is 4. The normalized spacial score (nSPS) is 11.3. The van der Waals surface area contributed by atoms with Crippen molar-refractivity contribution in [3.63, 3.8) is 0 Å². The average molecular weight is 478 g/mol. The quantitative estimate of drug-likeness (QED) is 0.289. The maximum atomic E-state index is 13.4. The van der Waals surface area contributed by atoms with Gasteiger partial charge in [-0.05, 0) is 35.4 Å². The van der Waals surface area contributed by atoms with Crippen molar-refractivity contribution in [3.05, 3.63) is 82.5 Å².